The summed E-state index contributed by atoms with van der Waals surface area (Å²) in [7, 11) is 0. The van der Waals surface area contributed by atoms with Crippen LogP contribution in [0.2, 0.25) is 0 Å². The van der Waals surface area contributed by atoms with Crippen LogP contribution in [0.25, 0.3) is 0 Å². The molecule has 0 spiro atoms. The van der Waals surface area contributed by atoms with Gasteiger partial charge >= 0.3 is 0 Å². The predicted molar refractivity (Wildman–Crippen MR) is 60.2 cm³/mol. The minimum Gasteiger partial charge on any atom is -0.358 e. The van der Waals surface area contributed by atoms with E-state index in [1.54, 1.807) is 0 Å². The maximum Gasteiger partial charge on any atom is 0.0467 e. The van der Waals surface area contributed by atoms with Crippen molar-refractivity contribution < 1.29 is 0 Å². The number of nitrogens with one attached hydrogen (secondary N) is 2. The first-order chi connectivity index (χ1) is 6.86. The van der Waals surface area contributed by atoms with Gasteiger partial charge in [-0.1, -0.05) is 24.8 Å². The van der Waals surface area contributed by atoms with E-state index >= 15 is 0 Å². The van der Waals surface area contributed by atoms with Crippen molar-refractivity contribution in [2.45, 2.75) is 18.9 Å². The molecule has 1 aliphatic heterocycles. The Morgan fingerprint density at radius 1 is 1.36 bits per heavy atom. The molecule has 74 valence electrons. The second-order valence-electron chi connectivity index (χ2n) is 3.67. The summed E-state index contributed by atoms with van der Waals surface area (Å²) in [5, 5.41) is 6.74. The lowest BCUT2D eigenvalue weighted by atomic mass is 10.1. The summed E-state index contributed by atoms with van der Waals surface area (Å²) in [6, 6.07) is 10.6. The van der Waals surface area contributed by atoms with E-state index in [0.717, 1.165) is 17.9 Å². The second-order valence-corrected chi connectivity index (χ2v) is 3.67. The van der Waals surface area contributed by atoms with E-state index in [2.05, 4.69) is 29.3 Å². The number of anilines is 1. The highest BCUT2D eigenvalue weighted by Gasteiger charge is 2.16. The lowest BCUT2D eigenvalue weighted by Gasteiger charge is -2.15. The van der Waals surface area contributed by atoms with Gasteiger partial charge in [0.15, 0.2) is 0 Å². The van der Waals surface area contributed by atoms with Crippen LogP contribution in [0.4, 0.5) is 5.69 Å². The zero-order valence-corrected chi connectivity index (χ0v) is 8.29. The highest BCUT2D eigenvalue weighted by molar-refractivity contribution is 5.48. The molecule has 1 aliphatic rings. The molecule has 0 saturated carbocycles. The number of hydrogen-bond donors (Lipinski definition) is 2. The fourth-order valence-electron chi connectivity index (χ4n) is 1.78. The maximum absolute atomic E-state index is 4.06. The summed E-state index contributed by atoms with van der Waals surface area (Å²) >= 11 is 0. The van der Waals surface area contributed by atoms with E-state index in [4.69, 9.17) is 0 Å². The molecule has 2 N–H and O–H groups in total. The van der Waals surface area contributed by atoms with E-state index < -0.39 is 0 Å². The number of para-hydroxylation sites is 1. The molecular weight excluding hydrogens is 172 g/mol. The highest BCUT2D eigenvalue weighted by atomic mass is 15.0. The Balaban J connectivity index is 1.94. The van der Waals surface area contributed by atoms with Gasteiger partial charge in [-0.15, -0.1) is 0 Å². The minimum absolute atomic E-state index is 0.440. The van der Waals surface area contributed by atoms with Crippen LogP contribution in [0.3, 0.4) is 0 Å². The van der Waals surface area contributed by atoms with Crippen LogP contribution in [0.15, 0.2) is 42.6 Å². The van der Waals surface area contributed by atoms with Crippen molar-refractivity contribution in [3.05, 3.63) is 42.6 Å². The first-order valence-electron chi connectivity index (χ1n) is 5.10. The Labute approximate surface area is 85.0 Å². The Hall–Kier alpha value is -1.28. The fourth-order valence-corrected chi connectivity index (χ4v) is 1.78. The van der Waals surface area contributed by atoms with Gasteiger partial charge in [0.2, 0.25) is 0 Å². The van der Waals surface area contributed by atoms with Crippen molar-refractivity contribution in [1.29, 1.82) is 0 Å². The number of benzene rings is 1. The molecule has 0 aromatic heterocycles. The quantitative estimate of drug-likeness (QED) is 0.761. The third-order valence-electron chi connectivity index (χ3n) is 2.56. The Morgan fingerprint density at radius 3 is 2.79 bits per heavy atom. The molecule has 1 aromatic rings. The topological polar surface area (TPSA) is 24.1 Å². The molecule has 1 aromatic carbocycles. The smallest absolute Gasteiger partial charge is 0.0467 e. The zero-order chi connectivity index (χ0) is 9.80. The van der Waals surface area contributed by atoms with Gasteiger partial charge in [-0.3, -0.25) is 0 Å². The molecule has 2 rings (SSSR count). The molecule has 0 bridgehead atoms. The van der Waals surface area contributed by atoms with Gasteiger partial charge in [-0.25, -0.2) is 0 Å². The van der Waals surface area contributed by atoms with Crippen LogP contribution in [0.1, 0.15) is 12.8 Å². The highest BCUT2D eigenvalue weighted by Crippen LogP contribution is 2.15. The van der Waals surface area contributed by atoms with Gasteiger partial charge in [0.05, 0.1) is 0 Å². The van der Waals surface area contributed by atoms with Gasteiger partial charge in [0.25, 0.3) is 0 Å². The summed E-state index contributed by atoms with van der Waals surface area (Å²) in [5.74, 6) is 0. The zero-order valence-electron chi connectivity index (χ0n) is 8.29. The van der Waals surface area contributed by atoms with Crippen LogP contribution in [-0.4, -0.2) is 12.6 Å². The number of rotatable bonds is 3. The van der Waals surface area contributed by atoms with Gasteiger partial charge in [-0.2, -0.15) is 0 Å². The van der Waals surface area contributed by atoms with Crippen molar-refractivity contribution >= 4 is 5.69 Å². The first-order valence-corrected chi connectivity index (χ1v) is 5.10. The normalized spacial score (nSPS) is 20.7. The van der Waals surface area contributed by atoms with Crippen molar-refractivity contribution in [1.82, 2.24) is 5.32 Å². The Morgan fingerprint density at radius 2 is 2.14 bits per heavy atom. The van der Waals surface area contributed by atoms with E-state index in [1.165, 1.54) is 12.8 Å². The average molecular weight is 188 g/mol. The van der Waals surface area contributed by atoms with Crippen LogP contribution < -0.4 is 10.6 Å². The van der Waals surface area contributed by atoms with Crippen molar-refractivity contribution in [3.63, 3.8) is 0 Å². The minimum atomic E-state index is 0.440. The number of hydrogen-bond acceptors (Lipinski definition) is 2. The lowest BCUT2D eigenvalue weighted by Crippen LogP contribution is -2.26. The molecule has 2 heteroatoms. The van der Waals surface area contributed by atoms with Gasteiger partial charge in [0.1, 0.15) is 0 Å². The van der Waals surface area contributed by atoms with Crippen LogP contribution in [0, 0.1) is 0 Å². The molecule has 0 aliphatic carbocycles. The van der Waals surface area contributed by atoms with Crippen LogP contribution in [0.5, 0.6) is 0 Å². The van der Waals surface area contributed by atoms with E-state index in [0.29, 0.717) is 6.04 Å². The summed E-state index contributed by atoms with van der Waals surface area (Å²) in [6.45, 7) is 5.17. The molecule has 0 amide bonds. The Bertz CT molecular complexity index is 299. The van der Waals surface area contributed by atoms with Crippen molar-refractivity contribution in [3.8, 4) is 0 Å². The predicted octanol–water partition coefficient (Wildman–Crippen LogP) is 2.36. The van der Waals surface area contributed by atoms with Crippen molar-refractivity contribution in [2.75, 3.05) is 11.9 Å². The molecule has 0 radical (unpaired) electrons. The molecule has 1 heterocycles. The van der Waals surface area contributed by atoms with Crippen LogP contribution >= 0.6 is 0 Å². The SMILES string of the molecule is C=C(Nc1ccccc1)C1CCCN1. The lowest BCUT2D eigenvalue weighted by molar-refractivity contribution is 0.695. The van der Waals surface area contributed by atoms with E-state index in [1.807, 2.05) is 18.2 Å². The average Bonchev–Trinajstić information content (AvgIpc) is 2.72. The Kier molecular flexibility index (Phi) is 2.84. The van der Waals surface area contributed by atoms with Crippen molar-refractivity contribution in [2.24, 2.45) is 0 Å². The second kappa shape index (κ2) is 4.29. The largest absolute Gasteiger partial charge is 0.358 e. The van der Waals surface area contributed by atoms with Gasteiger partial charge in [0, 0.05) is 17.4 Å². The molecule has 14 heavy (non-hydrogen) atoms. The summed E-state index contributed by atoms with van der Waals surface area (Å²) in [5.41, 5.74) is 2.19. The maximum atomic E-state index is 4.06. The summed E-state index contributed by atoms with van der Waals surface area (Å²) in [6.07, 6.45) is 2.44. The summed E-state index contributed by atoms with van der Waals surface area (Å²) < 4.78 is 0. The molecule has 1 fully saturated rings. The van der Waals surface area contributed by atoms with E-state index in [9.17, 15) is 0 Å². The molecular formula is C12H16N2. The fraction of sp³-hybridized carbons (Fsp3) is 0.333. The summed E-state index contributed by atoms with van der Waals surface area (Å²) in [4.78, 5) is 0. The molecule has 1 atom stereocenters. The first kappa shape index (κ1) is 9.28. The van der Waals surface area contributed by atoms with E-state index in [-0.39, 0.29) is 0 Å². The molecule has 1 unspecified atom stereocenters. The third-order valence-corrected chi connectivity index (χ3v) is 2.56. The standard InChI is InChI=1S/C12H16N2/c1-10(12-8-5-9-13-12)14-11-6-3-2-4-7-11/h2-4,6-7,12-14H,1,5,8-9H2. The van der Waals surface area contributed by atoms with Crippen LogP contribution in [-0.2, 0) is 0 Å². The monoisotopic (exact) mass is 188 g/mol. The molecule has 1 saturated heterocycles. The van der Waals surface area contributed by atoms with Gasteiger partial charge < -0.3 is 10.6 Å². The third kappa shape index (κ3) is 2.15. The molecule has 2 nitrogen and oxygen atoms in total. The van der Waals surface area contributed by atoms with Gasteiger partial charge in [-0.05, 0) is 31.5 Å².